The highest BCUT2D eigenvalue weighted by atomic mass is 19.1. The third-order valence-corrected chi connectivity index (χ3v) is 1.99. The second kappa shape index (κ2) is 4.52. The van der Waals surface area contributed by atoms with Crippen molar-refractivity contribution in [2.45, 2.75) is 12.2 Å². The minimum atomic E-state index is -1.56. The quantitative estimate of drug-likeness (QED) is 0.536. The van der Waals surface area contributed by atoms with Gasteiger partial charge < -0.3 is 21.1 Å². The number of aliphatic hydroxyl groups excluding tert-OH is 3. The molecule has 0 fully saturated rings. The van der Waals surface area contributed by atoms with Gasteiger partial charge in [0.15, 0.2) is 0 Å². The van der Waals surface area contributed by atoms with Crippen LogP contribution in [-0.2, 0) is 0 Å². The van der Waals surface area contributed by atoms with E-state index in [1.54, 1.807) is 0 Å². The molecule has 2 unspecified atom stereocenters. The Morgan fingerprint density at radius 1 is 1.20 bits per heavy atom. The van der Waals surface area contributed by atoms with Gasteiger partial charge in [0.25, 0.3) is 0 Å². The molecule has 0 aromatic heterocycles. The second-order valence-corrected chi connectivity index (χ2v) is 3.09. The minimum Gasteiger partial charge on any atom is -0.394 e. The molecule has 0 heterocycles. The lowest BCUT2D eigenvalue weighted by Gasteiger charge is -2.16. The smallest absolute Gasteiger partial charge is 0.149 e. The van der Waals surface area contributed by atoms with E-state index >= 15 is 0 Å². The lowest BCUT2D eigenvalue weighted by atomic mass is 10.0. The summed E-state index contributed by atoms with van der Waals surface area (Å²) < 4.78 is 25.9. The molecule has 84 valence electrons. The van der Waals surface area contributed by atoms with Crippen molar-refractivity contribution in [2.75, 3.05) is 12.3 Å². The second-order valence-electron chi connectivity index (χ2n) is 3.09. The van der Waals surface area contributed by atoms with Crippen molar-refractivity contribution < 1.29 is 24.1 Å². The summed E-state index contributed by atoms with van der Waals surface area (Å²) in [7, 11) is 0. The number of halogens is 2. The first kappa shape index (κ1) is 11.8. The fourth-order valence-electron chi connectivity index (χ4n) is 1.10. The number of benzene rings is 1. The Morgan fingerprint density at radius 3 is 2.07 bits per heavy atom. The molecule has 1 aromatic rings. The maximum atomic E-state index is 12.9. The molecule has 0 bridgehead atoms. The molecule has 0 aliphatic carbocycles. The standard InChI is InChI=1S/C9H11F2NO3/c10-5-1-4(2-6(11)8(5)12)9(15)7(14)3-13/h1-2,7,9,13-15H,3,12H2. The number of aliphatic hydroxyl groups is 3. The van der Waals surface area contributed by atoms with Crippen molar-refractivity contribution in [3.8, 4) is 0 Å². The Labute approximate surface area is 84.6 Å². The maximum Gasteiger partial charge on any atom is 0.149 e. The first-order valence-corrected chi connectivity index (χ1v) is 4.18. The third kappa shape index (κ3) is 2.41. The predicted octanol–water partition coefficient (Wildman–Crippen LogP) is -0.0664. The van der Waals surface area contributed by atoms with Crippen LogP contribution in [-0.4, -0.2) is 28.0 Å². The van der Waals surface area contributed by atoms with Gasteiger partial charge in [-0.3, -0.25) is 0 Å². The summed E-state index contributed by atoms with van der Waals surface area (Å²) in [4.78, 5) is 0. The minimum absolute atomic E-state index is 0.180. The molecule has 15 heavy (non-hydrogen) atoms. The largest absolute Gasteiger partial charge is 0.394 e. The molecule has 0 aliphatic heterocycles. The van der Waals surface area contributed by atoms with Gasteiger partial charge in [-0.15, -0.1) is 0 Å². The normalized spacial score (nSPS) is 15.0. The van der Waals surface area contributed by atoms with Gasteiger partial charge in [-0.25, -0.2) is 8.78 Å². The Kier molecular flexibility index (Phi) is 3.57. The molecule has 0 saturated heterocycles. The van der Waals surface area contributed by atoms with Gasteiger partial charge in [0, 0.05) is 0 Å². The van der Waals surface area contributed by atoms with Gasteiger partial charge >= 0.3 is 0 Å². The van der Waals surface area contributed by atoms with Crippen molar-refractivity contribution in [1.29, 1.82) is 0 Å². The summed E-state index contributed by atoms with van der Waals surface area (Å²) in [5, 5.41) is 26.9. The highest BCUT2D eigenvalue weighted by Gasteiger charge is 2.20. The number of nitrogens with two attached hydrogens (primary N) is 1. The van der Waals surface area contributed by atoms with Crippen LogP contribution in [0.4, 0.5) is 14.5 Å². The van der Waals surface area contributed by atoms with Gasteiger partial charge in [0.1, 0.15) is 29.5 Å². The van der Waals surface area contributed by atoms with E-state index in [0.29, 0.717) is 0 Å². The number of anilines is 1. The first-order chi connectivity index (χ1) is 6.97. The fraction of sp³-hybridized carbons (Fsp3) is 0.333. The lowest BCUT2D eigenvalue weighted by Crippen LogP contribution is -2.22. The molecule has 5 N–H and O–H groups in total. The Balaban J connectivity index is 3.06. The van der Waals surface area contributed by atoms with E-state index in [1.807, 2.05) is 0 Å². The molecule has 2 atom stereocenters. The zero-order valence-corrected chi connectivity index (χ0v) is 7.69. The third-order valence-electron chi connectivity index (χ3n) is 1.99. The average molecular weight is 219 g/mol. The summed E-state index contributed by atoms with van der Waals surface area (Å²) in [6.07, 6.45) is -3.05. The van der Waals surface area contributed by atoms with Gasteiger partial charge in [-0.2, -0.15) is 0 Å². The van der Waals surface area contributed by atoms with E-state index in [9.17, 15) is 13.9 Å². The zero-order chi connectivity index (χ0) is 11.6. The molecular weight excluding hydrogens is 208 g/mol. The van der Waals surface area contributed by atoms with E-state index in [0.717, 1.165) is 12.1 Å². The molecule has 6 heteroatoms. The molecule has 0 radical (unpaired) electrons. The van der Waals surface area contributed by atoms with Crippen molar-refractivity contribution >= 4 is 5.69 Å². The van der Waals surface area contributed by atoms with Crippen LogP contribution in [0.25, 0.3) is 0 Å². The molecule has 4 nitrogen and oxygen atoms in total. The SMILES string of the molecule is Nc1c(F)cc(C(O)C(O)CO)cc1F. The van der Waals surface area contributed by atoms with Gasteiger partial charge in [-0.1, -0.05) is 0 Å². The van der Waals surface area contributed by atoms with Crippen LogP contribution in [0.15, 0.2) is 12.1 Å². The number of rotatable bonds is 3. The Hall–Kier alpha value is -1.24. The monoisotopic (exact) mass is 219 g/mol. The van der Waals surface area contributed by atoms with E-state index in [-0.39, 0.29) is 5.56 Å². The molecule has 0 saturated carbocycles. The predicted molar refractivity (Wildman–Crippen MR) is 48.8 cm³/mol. The number of hydrogen-bond acceptors (Lipinski definition) is 4. The summed E-state index contributed by atoms with van der Waals surface area (Å²) in [5.41, 5.74) is 4.19. The maximum absolute atomic E-state index is 12.9. The zero-order valence-electron chi connectivity index (χ0n) is 7.69. The van der Waals surface area contributed by atoms with E-state index in [1.165, 1.54) is 0 Å². The lowest BCUT2D eigenvalue weighted by molar-refractivity contribution is -0.0154. The van der Waals surface area contributed by atoms with Crippen molar-refractivity contribution in [3.05, 3.63) is 29.3 Å². The molecule has 1 aromatic carbocycles. The van der Waals surface area contributed by atoms with Crippen LogP contribution < -0.4 is 5.73 Å². The summed E-state index contributed by atoms with van der Waals surface area (Å²) >= 11 is 0. The molecule has 0 spiro atoms. The molecule has 0 aliphatic rings. The van der Waals surface area contributed by atoms with Gasteiger partial charge in [0.05, 0.1) is 6.61 Å². The van der Waals surface area contributed by atoms with Crippen LogP contribution in [0.5, 0.6) is 0 Å². The summed E-state index contributed by atoms with van der Waals surface area (Å²) in [6.45, 7) is -0.714. The van der Waals surface area contributed by atoms with E-state index < -0.39 is 36.1 Å². The Morgan fingerprint density at radius 2 is 1.67 bits per heavy atom. The highest BCUT2D eigenvalue weighted by molar-refractivity contribution is 5.43. The van der Waals surface area contributed by atoms with Crippen molar-refractivity contribution in [1.82, 2.24) is 0 Å². The average Bonchev–Trinajstić information content (AvgIpc) is 2.23. The van der Waals surface area contributed by atoms with Crippen LogP contribution in [0.3, 0.4) is 0 Å². The van der Waals surface area contributed by atoms with Gasteiger partial charge in [0.2, 0.25) is 0 Å². The van der Waals surface area contributed by atoms with Crippen molar-refractivity contribution in [2.24, 2.45) is 0 Å². The summed E-state index contributed by atoms with van der Waals surface area (Å²) in [6, 6.07) is 1.62. The van der Waals surface area contributed by atoms with E-state index in [2.05, 4.69) is 0 Å². The van der Waals surface area contributed by atoms with Crippen LogP contribution in [0.1, 0.15) is 11.7 Å². The van der Waals surface area contributed by atoms with E-state index in [4.69, 9.17) is 15.9 Å². The summed E-state index contributed by atoms with van der Waals surface area (Å²) in [5.74, 6) is -2.04. The fourth-order valence-corrected chi connectivity index (χ4v) is 1.10. The number of nitrogen functional groups attached to an aromatic ring is 1. The van der Waals surface area contributed by atoms with Gasteiger partial charge in [-0.05, 0) is 17.7 Å². The van der Waals surface area contributed by atoms with Crippen LogP contribution in [0.2, 0.25) is 0 Å². The molecule has 1 rings (SSSR count). The molecule has 0 amide bonds. The number of hydrogen-bond donors (Lipinski definition) is 4. The Bertz CT molecular complexity index is 336. The van der Waals surface area contributed by atoms with Crippen LogP contribution >= 0.6 is 0 Å². The first-order valence-electron chi connectivity index (χ1n) is 4.18. The molecular formula is C9H11F2NO3. The van der Waals surface area contributed by atoms with Crippen molar-refractivity contribution in [3.63, 3.8) is 0 Å². The van der Waals surface area contributed by atoms with Crippen LogP contribution in [0, 0.1) is 11.6 Å². The topological polar surface area (TPSA) is 86.7 Å². The highest BCUT2D eigenvalue weighted by Crippen LogP contribution is 2.23.